The molecule has 2 N–H and O–H groups in total. The number of sulfonamides is 1. The van der Waals surface area contributed by atoms with E-state index < -0.39 is 10.0 Å². The van der Waals surface area contributed by atoms with Gasteiger partial charge in [-0.15, -0.1) is 0 Å². The number of carbonyl (C=O) groups is 2. The second-order valence-corrected chi connectivity index (χ2v) is 9.54. The fraction of sp³-hybridized carbons (Fsp3) is 0.579. The van der Waals surface area contributed by atoms with Crippen LogP contribution >= 0.6 is 0 Å². The van der Waals surface area contributed by atoms with Crippen molar-refractivity contribution >= 4 is 21.8 Å². The van der Waals surface area contributed by atoms with E-state index in [0.717, 1.165) is 11.8 Å². The molecule has 2 amide bonds. The smallest absolute Gasteiger partial charge is 0.235 e. The van der Waals surface area contributed by atoms with Crippen molar-refractivity contribution in [3.05, 3.63) is 23.8 Å². The minimum atomic E-state index is -3.47. The first-order valence-electron chi connectivity index (χ1n) is 9.44. The molecule has 2 aliphatic rings. The summed E-state index contributed by atoms with van der Waals surface area (Å²) in [5, 5.41) is 5.80. The van der Waals surface area contributed by atoms with Crippen molar-refractivity contribution in [1.29, 1.82) is 0 Å². The van der Waals surface area contributed by atoms with E-state index >= 15 is 0 Å². The minimum absolute atomic E-state index is 0.0811. The number of amides is 2. The van der Waals surface area contributed by atoms with Gasteiger partial charge in [-0.2, -0.15) is 4.31 Å². The summed E-state index contributed by atoms with van der Waals surface area (Å²) in [5.74, 6) is 0.482. The molecule has 29 heavy (non-hydrogen) atoms. The molecule has 0 bridgehead atoms. The molecule has 1 heterocycles. The topological polar surface area (TPSA) is 114 Å². The zero-order chi connectivity index (χ0) is 21.2. The van der Waals surface area contributed by atoms with Crippen LogP contribution < -0.4 is 20.1 Å². The Hall–Kier alpha value is -2.33. The molecule has 1 aliphatic heterocycles. The number of benzene rings is 1. The normalized spacial score (nSPS) is 24.9. The number of fused-ring (bicyclic) bond motifs is 1. The molecule has 3 unspecified atom stereocenters. The number of carbonyl (C=O) groups excluding carboxylic acids is 2. The van der Waals surface area contributed by atoms with Crippen LogP contribution in [-0.4, -0.2) is 64.1 Å². The first-order chi connectivity index (χ1) is 13.7. The largest absolute Gasteiger partial charge is 0.497 e. The summed E-state index contributed by atoms with van der Waals surface area (Å²) in [6.07, 6.45) is 2.13. The van der Waals surface area contributed by atoms with E-state index in [4.69, 9.17) is 9.47 Å². The summed E-state index contributed by atoms with van der Waals surface area (Å²) in [6, 6.07) is 5.19. The first kappa shape index (κ1) is 21.4. The number of methoxy groups -OCH3 is 2. The Morgan fingerprint density at radius 3 is 2.69 bits per heavy atom. The van der Waals surface area contributed by atoms with E-state index in [2.05, 4.69) is 10.6 Å². The molecule has 0 spiro atoms. The molecule has 0 radical (unpaired) electrons. The lowest BCUT2D eigenvalue weighted by Crippen LogP contribution is -2.39. The van der Waals surface area contributed by atoms with Crippen LogP contribution in [0.1, 0.15) is 18.4 Å². The highest BCUT2D eigenvalue weighted by Gasteiger charge is 2.42. The maximum absolute atomic E-state index is 12.7. The highest BCUT2D eigenvalue weighted by Crippen LogP contribution is 2.34. The second-order valence-electron chi connectivity index (χ2n) is 7.55. The van der Waals surface area contributed by atoms with Gasteiger partial charge in [-0.05, 0) is 30.9 Å². The second kappa shape index (κ2) is 8.58. The predicted molar refractivity (Wildman–Crippen MR) is 106 cm³/mol. The van der Waals surface area contributed by atoms with Crippen molar-refractivity contribution in [3.8, 4) is 11.5 Å². The van der Waals surface area contributed by atoms with E-state index in [1.54, 1.807) is 26.4 Å². The van der Waals surface area contributed by atoms with Crippen LogP contribution in [0.25, 0.3) is 0 Å². The molecule has 3 rings (SSSR count). The lowest BCUT2D eigenvalue weighted by atomic mass is 10.0. The Morgan fingerprint density at radius 1 is 1.28 bits per heavy atom. The Morgan fingerprint density at radius 2 is 2.03 bits per heavy atom. The summed E-state index contributed by atoms with van der Waals surface area (Å²) in [5.41, 5.74) is 0.824. The van der Waals surface area contributed by atoms with Gasteiger partial charge in [0, 0.05) is 36.7 Å². The number of hydrogen-bond acceptors (Lipinski definition) is 6. The summed E-state index contributed by atoms with van der Waals surface area (Å²) >= 11 is 0. The molecular weight excluding hydrogens is 398 g/mol. The van der Waals surface area contributed by atoms with Crippen molar-refractivity contribution in [3.63, 3.8) is 0 Å². The van der Waals surface area contributed by atoms with Crippen LogP contribution in [0.4, 0.5) is 0 Å². The Labute approximate surface area is 170 Å². The molecule has 1 saturated heterocycles. The standard InChI is InChI=1S/C19H27N3O6S/c1-27-15-5-4-12(17(8-15)28-2)9-20-19(24)13-6-14-10-22(29(3,25)26)11-18(23)21-16(14)7-13/h4-5,8,13-14,16H,6-7,9-11H2,1-3H3,(H,20,24)(H,21,23). The van der Waals surface area contributed by atoms with Gasteiger partial charge in [0.2, 0.25) is 21.8 Å². The van der Waals surface area contributed by atoms with Crippen molar-refractivity contribution in [1.82, 2.24) is 14.9 Å². The Balaban J connectivity index is 1.63. The van der Waals surface area contributed by atoms with Crippen molar-refractivity contribution in [2.75, 3.05) is 33.6 Å². The van der Waals surface area contributed by atoms with Crippen molar-refractivity contribution in [2.24, 2.45) is 11.8 Å². The van der Waals surface area contributed by atoms with Crippen LogP contribution in [-0.2, 0) is 26.2 Å². The monoisotopic (exact) mass is 425 g/mol. The van der Waals surface area contributed by atoms with Gasteiger partial charge in [0.05, 0.1) is 27.0 Å². The van der Waals surface area contributed by atoms with E-state index in [9.17, 15) is 18.0 Å². The zero-order valence-electron chi connectivity index (χ0n) is 16.8. The lowest BCUT2D eigenvalue weighted by Gasteiger charge is -2.20. The average Bonchev–Trinajstić information content (AvgIpc) is 2.99. The van der Waals surface area contributed by atoms with E-state index in [0.29, 0.717) is 30.9 Å². The van der Waals surface area contributed by atoms with Gasteiger partial charge in [0.15, 0.2) is 0 Å². The van der Waals surface area contributed by atoms with E-state index in [-0.39, 0.29) is 42.8 Å². The van der Waals surface area contributed by atoms with Gasteiger partial charge in [-0.25, -0.2) is 8.42 Å². The Kier molecular flexibility index (Phi) is 6.33. The lowest BCUT2D eigenvalue weighted by molar-refractivity contribution is -0.125. The molecule has 1 aromatic rings. The van der Waals surface area contributed by atoms with Crippen molar-refractivity contribution in [2.45, 2.75) is 25.4 Å². The van der Waals surface area contributed by atoms with Gasteiger partial charge < -0.3 is 20.1 Å². The van der Waals surface area contributed by atoms with E-state index in [1.807, 2.05) is 6.07 Å². The zero-order valence-corrected chi connectivity index (χ0v) is 17.6. The number of nitrogens with one attached hydrogen (secondary N) is 2. The van der Waals surface area contributed by atoms with Crippen LogP contribution in [0, 0.1) is 11.8 Å². The molecule has 1 aliphatic carbocycles. The highest BCUT2D eigenvalue weighted by atomic mass is 32.2. The molecule has 0 aromatic heterocycles. The third kappa shape index (κ3) is 4.99. The number of rotatable bonds is 6. The van der Waals surface area contributed by atoms with Crippen LogP contribution in [0.3, 0.4) is 0 Å². The number of ether oxygens (including phenoxy) is 2. The summed E-state index contributed by atoms with van der Waals surface area (Å²) in [6.45, 7) is 0.387. The Bertz CT molecular complexity index is 888. The third-order valence-electron chi connectivity index (χ3n) is 5.59. The first-order valence-corrected chi connectivity index (χ1v) is 11.3. The maximum Gasteiger partial charge on any atom is 0.235 e. The number of hydrogen-bond donors (Lipinski definition) is 2. The molecule has 9 nitrogen and oxygen atoms in total. The molecular formula is C19H27N3O6S. The van der Waals surface area contributed by atoms with Gasteiger partial charge in [0.25, 0.3) is 0 Å². The van der Waals surface area contributed by atoms with Crippen LogP contribution in [0.2, 0.25) is 0 Å². The summed E-state index contributed by atoms with van der Waals surface area (Å²) in [7, 11) is -0.343. The summed E-state index contributed by atoms with van der Waals surface area (Å²) < 4.78 is 35.5. The molecule has 160 valence electrons. The van der Waals surface area contributed by atoms with Gasteiger partial charge in [0.1, 0.15) is 11.5 Å². The van der Waals surface area contributed by atoms with Gasteiger partial charge in [-0.3, -0.25) is 9.59 Å². The molecule has 3 atom stereocenters. The van der Waals surface area contributed by atoms with E-state index in [1.165, 1.54) is 4.31 Å². The summed E-state index contributed by atoms with van der Waals surface area (Å²) in [4.78, 5) is 24.8. The predicted octanol–water partition coefficient (Wildman–Crippen LogP) is 0.106. The van der Waals surface area contributed by atoms with Crippen LogP contribution in [0.5, 0.6) is 11.5 Å². The quantitative estimate of drug-likeness (QED) is 0.669. The fourth-order valence-corrected chi connectivity index (χ4v) is 4.85. The molecule has 1 saturated carbocycles. The van der Waals surface area contributed by atoms with Crippen LogP contribution in [0.15, 0.2) is 18.2 Å². The van der Waals surface area contributed by atoms with Gasteiger partial charge >= 0.3 is 0 Å². The highest BCUT2D eigenvalue weighted by molar-refractivity contribution is 7.88. The molecule has 1 aromatic carbocycles. The molecule has 2 fully saturated rings. The third-order valence-corrected chi connectivity index (χ3v) is 6.80. The molecule has 10 heteroatoms. The minimum Gasteiger partial charge on any atom is -0.497 e. The SMILES string of the molecule is COc1ccc(CNC(=O)C2CC3CN(S(C)(=O)=O)CC(=O)NC3C2)c(OC)c1. The average molecular weight is 426 g/mol. The van der Waals surface area contributed by atoms with Gasteiger partial charge in [-0.1, -0.05) is 0 Å². The maximum atomic E-state index is 12.7. The fourth-order valence-electron chi connectivity index (χ4n) is 4.03. The van der Waals surface area contributed by atoms with Crippen molar-refractivity contribution < 1.29 is 27.5 Å². The number of nitrogens with zero attached hydrogens (tertiary/aromatic N) is 1.